The van der Waals surface area contributed by atoms with Crippen LogP contribution in [0.4, 0.5) is 5.69 Å². The number of benzene rings is 1. The minimum absolute atomic E-state index is 0.0192. The van der Waals surface area contributed by atoms with Gasteiger partial charge in [-0.3, -0.25) is 0 Å². The molecule has 1 aromatic carbocycles. The summed E-state index contributed by atoms with van der Waals surface area (Å²) in [5.74, 6) is 2.79. The summed E-state index contributed by atoms with van der Waals surface area (Å²) in [5.41, 5.74) is 2.52. The number of anilines is 1. The molecule has 1 aromatic rings. The van der Waals surface area contributed by atoms with Crippen LogP contribution in [0.1, 0.15) is 18.4 Å². The molecule has 0 radical (unpaired) electrons. The van der Waals surface area contributed by atoms with Gasteiger partial charge in [0.1, 0.15) is 6.23 Å². The van der Waals surface area contributed by atoms with Crippen molar-refractivity contribution in [1.29, 1.82) is 0 Å². The smallest absolute Gasteiger partial charge is 0.138 e. The van der Waals surface area contributed by atoms with E-state index in [2.05, 4.69) is 29.4 Å². The molecule has 2 aliphatic heterocycles. The molecular weight excluding hydrogens is 186 g/mol. The van der Waals surface area contributed by atoms with Gasteiger partial charge in [0.15, 0.2) is 0 Å². The highest BCUT2D eigenvalue weighted by atomic mass is 16.5. The third-order valence-electron chi connectivity index (χ3n) is 3.50. The van der Waals surface area contributed by atoms with E-state index < -0.39 is 0 Å². The van der Waals surface area contributed by atoms with Crippen LogP contribution < -0.4 is 5.32 Å². The molecule has 2 nitrogen and oxygen atoms in total. The Morgan fingerprint density at radius 1 is 1.53 bits per heavy atom. The van der Waals surface area contributed by atoms with Crippen LogP contribution >= 0.6 is 0 Å². The van der Waals surface area contributed by atoms with Crippen molar-refractivity contribution in [2.24, 2.45) is 0 Å². The van der Waals surface area contributed by atoms with Gasteiger partial charge in [0, 0.05) is 12.1 Å². The van der Waals surface area contributed by atoms with Gasteiger partial charge in [-0.2, -0.15) is 0 Å². The van der Waals surface area contributed by atoms with E-state index in [1.54, 1.807) is 0 Å². The van der Waals surface area contributed by atoms with Crippen molar-refractivity contribution in [3.63, 3.8) is 0 Å². The largest absolute Gasteiger partial charge is 0.359 e. The molecule has 0 aromatic heterocycles. The first-order valence-electron chi connectivity index (χ1n) is 5.28. The Morgan fingerprint density at radius 3 is 3.27 bits per heavy atom. The average Bonchev–Trinajstić information content (AvgIpc) is 2.74. The van der Waals surface area contributed by atoms with E-state index in [0.29, 0.717) is 0 Å². The molecule has 1 N–H and O–H groups in total. The van der Waals surface area contributed by atoms with Crippen molar-refractivity contribution < 1.29 is 4.74 Å². The number of hydrogen-bond donors (Lipinski definition) is 1. The molecule has 1 saturated heterocycles. The van der Waals surface area contributed by atoms with Crippen LogP contribution in [-0.2, 0) is 10.2 Å². The molecule has 0 bridgehead atoms. The maximum Gasteiger partial charge on any atom is 0.138 e. The Bertz CT molecular complexity index is 434. The van der Waals surface area contributed by atoms with Gasteiger partial charge in [-0.15, -0.1) is 12.3 Å². The Labute approximate surface area is 89.6 Å². The van der Waals surface area contributed by atoms with Crippen molar-refractivity contribution in [1.82, 2.24) is 0 Å². The molecule has 1 fully saturated rings. The van der Waals surface area contributed by atoms with Crippen LogP contribution in [-0.4, -0.2) is 12.8 Å². The first-order chi connectivity index (χ1) is 7.37. The summed E-state index contributed by atoms with van der Waals surface area (Å²) in [4.78, 5) is 0. The van der Waals surface area contributed by atoms with Crippen LogP contribution in [0.5, 0.6) is 0 Å². The Kier molecular flexibility index (Phi) is 1.77. The lowest BCUT2D eigenvalue weighted by Gasteiger charge is -2.25. The van der Waals surface area contributed by atoms with Crippen LogP contribution in [0, 0.1) is 12.3 Å². The topological polar surface area (TPSA) is 21.3 Å². The summed E-state index contributed by atoms with van der Waals surface area (Å²) < 4.78 is 5.71. The second kappa shape index (κ2) is 3.01. The van der Waals surface area contributed by atoms with Crippen molar-refractivity contribution in [3.05, 3.63) is 29.8 Å². The lowest BCUT2D eigenvalue weighted by atomic mass is 9.77. The van der Waals surface area contributed by atoms with Gasteiger partial charge in [-0.05, 0) is 18.1 Å². The molecule has 0 spiro atoms. The summed E-state index contributed by atoms with van der Waals surface area (Å²) in [5, 5.41) is 3.40. The van der Waals surface area contributed by atoms with Gasteiger partial charge in [0.05, 0.1) is 12.0 Å². The van der Waals surface area contributed by atoms with E-state index >= 15 is 0 Å². The fraction of sp³-hybridized carbons (Fsp3) is 0.385. The minimum atomic E-state index is 0.0192. The fourth-order valence-corrected chi connectivity index (χ4v) is 2.75. The monoisotopic (exact) mass is 199 g/mol. The molecule has 3 rings (SSSR count). The highest BCUT2D eigenvalue weighted by molar-refractivity contribution is 5.62. The Morgan fingerprint density at radius 2 is 2.40 bits per heavy atom. The Hall–Kier alpha value is -1.46. The average molecular weight is 199 g/mol. The zero-order chi connectivity index (χ0) is 10.3. The van der Waals surface area contributed by atoms with Crippen LogP contribution in [0.15, 0.2) is 24.3 Å². The predicted molar refractivity (Wildman–Crippen MR) is 59.5 cm³/mol. The normalized spacial score (nSPS) is 31.5. The SMILES string of the molecule is C#CC[C@@]12CCO[C@@H]1Nc1ccccc12. The van der Waals surface area contributed by atoms with Crippen LogP contribution in [0.25, 0.3) is 0 Å². The number of hydrogen-bond acceptors (Lipinski definition) is 2. The quantitative estimate of drug-likeness (QED) is 0.699. The highest BCUT2D eigenvalue weighted by Crippen LogP contribution is 2.49. The lowest BCUT2D eigenvalue weighted by Crippen LogP contribution is -2.34. The molecular formula is C13H13NO. The van der Waals surface area contributed by atoms with Gasteiger partial charge in [0.2, 0.25) is 0 Å². The second-order valence-electron chi connectivity index (χ2n) is 4.23. The third-order valence-corrected chi connectivity index (χ3v) is 3.50. The molecule has 2 heterocycles. The van der Waals surface area contributed by atoms with E-state index in [1.807, 2.05) is 6.07 Å². The summed E-state index contributed by atoms with van der Waals surface area (Å²) in [6, 6.07) is 8.36. The number of fused-ring (bicyclic) bond motifs is 3. The highest BCUT2D eigenvalue weighted by Gasteiger charge is 2.50. The van der Waals surface area contributed by atoms with Gasteiger partial charge >= 0.3 is 0 Å². The van der Waals surface area contributed by atoms with E-state index in [-0.39, 0.29) is 11.6 Å². The number of para-hydroxylation sites is 1. The molecule has 15 heavy (non-hydrogen) atoms. The zero-order valence-corrected chi connectivity index (χ0v) is 8.49. The van der Waals surface area contributed by atoms with Gasteiger partial charge in [-0.25, -0.2) is 0 Å². The second-order valence-corrected chi connectivity index (χ2v) is 4.23. The van der Waals surface area contributed by atoms with E-state index in [1.165, 1.54) is 11.3 Å². The van der Waals surface area contributed by atoms with Crippen molar-refractivity contribution in [3.8, 4) is 12.3 Å². The summed E-state index contributed by atoms with van der Waals surface area (Å²) in [6.45, 7) is 0.799. The van der Waals surface area contributed by atoms with Crippen molar-refractivity contribution in [2.45, 2.75) is 24.5 Å². The number of nitrogens with one attached hydrogen (secondary N) is 1. The third kappa shape index (κ3) is 1.04. The lowest BCUT2D eigenvalue weighted by molar-refractivity contribution is 0.109. The fourth-order valence-electron chi connectivity index (χ4n) is 2.75. The molecule has 0 aliphatic carbocycles. The van der Waals surface area contributed by atoms with Crippen molar-refractivity contribution in [2.75, 3.05) is 11.9 Å². The maximum atomic E-state index is 5.71. The molecule has 2 aliphatic rings. The van der Waals surface area contributed by atoms with Crippen LogP contribution in [0.2, 0.25) is 0 Å². The molecule has 76 valence electrons. The Balaban J connectivity index is 2.13. The van der Waals surface area contributed by atoms with Gasteiger partial charge < -0.3 is 10.1 Å². The van der Waals surface area contributed by atoms with E-state index in [4.69, 9.17) is 11.2 Å². The van der Waals surface area contributed by atoms with Crippen molar-refractivity contribution >= 4 is 5.69 Å². The summed E-state index contributed by atoms with van der Waals surface area (Å²) >= 11 is 0. The van der Waals surface area contributed by atoms with E-state index in [9.17, 15) is 0 Å². The molecule has 2 heteroatoms. The predicted octanol–water partition coefficient (Wildman–Crippen LogP) is 2.12. The first kappa shape index (κ1) is 8.82. The van der Waals surface area contributed by atoms with Gasteiger partial charge in [-0.1, -0.05) is 18.2 Å². The maximum absolute atomic E-state index is 5.71. The van der Waals surface area contributed by atoms with Gasteiger partial charge in [0.25, 0.3) is 0 Å². The standard InChI is InChI=1S/C13H13NO/c1-2-7-13-8-9-15-12(13)14-11-6-4-3-5-10(11)13/h1,3-6,12,14H,7-9H2/t12-,13-/m0/s1. The first-order valence-corrected chi connectivity index (χ1v) is 5.28. The van der Waals surface area contributed by atoms with Crippen LogP contribution in [0.3, 0.4) is 0 Å². The van der Waals surface area contributed by atoms with E-state index in [0.717, 1.165) is 19.4 Å². The molecule has 2 atom stereocenters. The number of terminal acetylenes is 1. The molecule has 0 unspecified atom stereocenters. The molecule has 0 amide bonds. The number of ether oxygens (including phenoxy) is 1. The minimum Gasteiger partial charge on any atom is -0.359 e. The zero-order valence-electron chi connectivity index (χ0n) is 8.49. The summed E-state index contributed by atoms with van der Waals surface area (Å²) in [7, 11) is 0. The number of rotatable bonds is 1. The summed E-state index contributed by atoms with van der Waals surface area (Å²) in [6.07, 6.45) is 7.33. The molecule has 0 saturated carbocycles.